The Hall–Kier alpha value is -6.07. The molecule has 2 unspecified atom stereocenters. The highest BCUT2D eigenvalue weighted by Gasteiger charge is 2.66. The van der Waals surface area contributed by atoms with Crippen molar-refractivity contribution >= 4 is 62.3 Å². The molecule has 4 fully saturated rings. The molecular weight excluding hydrogens is 957 g/mol. The zero-order valence-electron chi connectivity index (χ0n) is 45.5. The first-order valence-electron chi connectivity index (χ1n) is 25.9. The van der Waals surface area contributed by atoms with E-state index < -0.39 is 28.9 Å². The van der Waals surface area contributed by atoms with Crippen LogP contribution in [0.4, 0.5) is 26.2 Å². The van der Waals surface area contributed by atoms with Crippen LogP contribution in [0.15, 0.2) is 54.7 Å². The van der Waals surface area contributed by atoms with Crippen molar-refractivity contribution in [2.45, 2.75) is 164 Å². The normalized spacial score (nSPS) is 23.3. The van der Waals surface area contributed by atoms with Crippen LogP contribution in [0.2, 0.25) is 0 Å². The van der Waals surface area contributed by atoms with E-state index in [9.17, 15) is 19.2 Å². The van der Waals surface area contributed by atoms with E-state index in [1.165, 1.54) is 11.3 Å². The summed E-state index contributed by atoms with van der Waals surface area (Å²) in [6.07, 6.45) is 7.50. The fourth-order valence-electron chi connectivity index (χ4n) is 13.2. The fraction of sp³-hybridized carbons (Fsp3) is 0.561. The topological polar surface area (TPSA) is 179 Å². The van der Waals surface area contributed by atoms with Crippen molar-refractivity contribution in [1.82, 2.24) is 24.6 Å². The highest BCUT2D eigenvalue weighted by molar-refractivity contribution is 7.22. The molecule has 4 heterocycles. The van der Waals surface area contributed by atoms with Crippen molar-refractivity contribution in [1.29, 1.82) is 0 Å². The van der Waals surface area contributed by atoms with Gasteiger partial charge in [-0.05, 0) is 178 Å². The number of benzene rings is 2. The minimum absolute atomic E-state index is 0.0730. The molecule has 2 N–H and O–H groups in total. The van der Waals surface area contributed by atoms with Gasteiger partial charge < -0.3 is 28.7 Å². The second kappa shape index (κ2) is 18.9. The van der Waals surface area contributed by atoms with Gasteiger partial charge in [0.2, 0.25) is 0 Å². The van der Waals surface area contributed by atoms with Gasteiger partial charge in [-0.15, -0.1) is 0 Å². The molecule has 2 atom stereocenters. The number of amides is 3. The summed E-state index contributed by atoms with van der Waals surface area (Å²) in [7, 11) is 1.76. The lowest BCUT2D eigenvalue weighted by atomic mass is 9.39. The maximum Gasteiger partial charge on any atom is 0.412 e. The number of likely N-dealkylation sites (N-methyl/N-ethyl adjacent to an activating group) is 1. The monoisotopic (exact) mass is 1030 g/mol. The highest BCUT2D eigenvalue weighted by atomic mass is 32.1. The summed E-state index contributed by atoms with van der Waals surface area (Å²) in [6.45, 7) is 25.8. The summed E-state index contributed by atoms with van der Waals surface area (Å²) in [5.41, 5.74) is 3.50. The number of nitrogens with one attached hydrogen (secondary N) is 2. The summed E-state index contributed by atoms with van der Waals surface area (Å²) in [4.78, 5) is 67.9. The molecule has 5 aromatic rings. The lowest BCUT2D eigenvalue weighted by Gasteiger charge is -2.69. The van der Waals surface area contributed by atoms with Gasteiger partial charge in [-0.25, -0.2) is 24.4 Å². The number of hydrogen-bond acceptors (Lipinski definition) is 13. The zero-order valence-corrected chi connectivity index (χ0v) is 46.4. The van der Waals surface area contributed by atoms with Crippen LogP contribution in [0.25, 0.3) is 21.3 Å². The molecule has 4 bridgehead atoms. The number of carbonyl (C=O) groups excluding carboxylic acids is 4. The Morgan fingerprint density at radius 2 is 1.46 bits per heavy atom. The first-order valence-corrected chi connectivity index (χ1v) is 26.7. The quantitative estimate of drug-likeness (QED) is 0.0893. The maximum atomic E-state index is 14.4. The second-order valence-corrected chi connectivity index (χ2v) is 26.4. The molecular formula is C57H74N8O8S. The molecule has 0 spiro atoms. The van der Waals surface area contributed by atoms with E-state index in [0.29, 0.717) is 66.0 Å². The summed E-state index contributed by atoms with van der Waals surface area (Å²) in [5.74, 6) is -0.359. The number of anilines is 3. The predicted molar refractivity (Wildman–Crippen MR) is 288 cm³/mol. The molecule has 16 nitrogen and oxygen atoms in total. The Kier molecular flexibility index (Phi) is 13.5. The smallest absolute Gasteiger partial charge is 0.412 e. The molecule has 4 aliphatic carbocycles. The molecule has 1 aliphatic heterocycles. The number of pyridine rings is 1. The molecule has 4 saturated carbocycles. The maximum absolute atomic E-state index is 14.4. The Morgan fingerprint density at radius 1 is 0.770 bits per heavy atom. The van der Waals surface area contributed by atoms with Crippen LogP contribution in [0, 0.1) is 23.2 Å². The number of rotatable bonds is 12. The number of aromatic nitrogens is 4. The Bertz CT molecular complexity index is 2960. The summed E-state index contributed by atoms with van der Waals surface area (Å²) in [6, 6.07) is 15.0. The zero-order chi connectivity index (χ0) is 53.4. The second-order valence-electron chi connectivity index (χ2n) is 25.3. The van der Waals surface area contributed by atoms with Gasteiger partial charge in [0, 0.05) is 61.3 Å². The average molecular weight is 1030 g/mol. The average Bonchev–Trinajstić information content (AvgIpc) is 3.84. The number of carbonyl (C=O) groups is 4. The van der Waals surface area contributed by atoms with Crippen molar-refractivity contribution in [3.63, 3.8) is 0 Å². The van der Waals surface area contributed by atoms with E-state index in [1.807, 2.05) is 110 Å². The molecule has 17 heteroatoms. The highest BCUT2D eigenvalue weighted by Crippen LogP contribution is 2.72. The van der Waals surface area contributed by atoms with E-state index in [0.717, 1.165) is 65.6 Å². The number of fused-ring (bicyclic) bond motifs is 2. The van der Waals surface area contributed by atoms with Crippen LogP contribution in [-0.4, -0.2) is 97.9 Å². The van der Waals surface area contributed by atoms with Crippen LogP contribution in [0.1, 0.15) is 152 Å². The first kappa shape index (κ1) is 52.8. The van der Waals surface area contributed by atoms with Crippen molar-refractivity contribution in [3.8, 4) is 11.1 Å². The van der Waals surface area contributed by atoms with Crippen molar-refractivity contribution in [3.05, 3.63) is 82.8 Å². The van der Waals surface area contributed by atoms with Crippen molar-refractivity contribution < 1.29 is 38.1 Å². The fourth-order valence-corrected chi connectivity index (χ4v) is 14.1. The molecule has 0 saturated heterocycles. The molecule has 5 aliphatic rings. The third kappa shape index (κ3) is 11.4. The number of ether oxygens (including phenoxy) is 4. The predicted octanol–water partition coefficient (Wildman–Crippen LogP) is 12.0. The number of esters is 1. The van der Waals surface area contributed by atoms with Crippen LogP contribution >= 0.6 is 11.3 Å². The molecule has 3 aromatic heterocycles. The SMILES string of the molecule is Cc1c(-c2ccc(N3CCc4c(NC(=O)OC(C)(C)C)ccc(C(=O)Nc5nc6ccccc6s5)c4C3)nc2C(=O)OC(C)(C)C)cnn1CC12CC3(C)CC(C)(C1)CC(OCCN(C)C(=O)OC(C)(C)C)(C3)C2. The Balaban J connectivity index is 1.000. The third-order valence-corrected chi connectivity index (χ3v) is 15.6. The molecule has 2 aromatic carbocycles. The number of para-hydroxylation sites is 1. The minimum atomic E-state index is -0.799. The third-order valence-electron chi connectivity index (χ3n) is 14.7. The van der Waals surface area contributed by atoms with Crippen molar-refractivity contribution in [2.24, 2.45) is 16.2 Å². The molecule has 396 valence electrons. The van der Waals surface area contributed by atoms with Gasteiger partial charge in [0.15, 0.2) is 10.8 Å². The summed E-state index contributed by atoms with van der Waals surface area (Å²) >= 11 is 1.39. The molecule has 3 amide bonds. The van der Waals surface area contributed by atoms with Crippen molar-refractivity contribution in [2.75, 3.05) is 42.3 Å². The Labute approximate surface area is 439 Å². The van der Waals surface area contributed by atoms with Gasteiger partial charge in [-0.1, -0.05) is 37.3 Å². The van der Waals surface area contributed by atoms with Crippen LogP contribution in [-0.2, 0) is 38.5 Å². The lowest BCUT2D eigenvalue weighted by molar-refractivity contribution is -0.248. The van der Waals surface area contributed by atoms with Gasteiger partial charge in [-0.3, -0.25) is 20.1 Å². The van der Waals surface area contributed by atoms with Crippen LogP contribution in [0.3, 0.4) is 0 Å². The van der Waals surface area contributed by atoms with E-state index in [-0.39, 0.29) is 46.1 Å². The number of nitrogens with zero attached hydrogens (tertiary/aromatic N) is 6. The van der Waals surface area contributed by atoms with Crippen LogP contribution in [0.5, 0.6) is 0 Å². The summed E-state index contributed by atoms with van der Waals surface area (Å²) < 4.78 is 27.3. The number of hydrogen-bond donors (Lipinski definition) is 2. The van der Waals surface area contributed by atoms with Gasteiger partial charge in [-0.2, -0.15) is 5.10 Å². The van der Waals surface area contributed by atoms with Gasteiger partial charge in [0.25, 0.3) is 5.91 Å². The molecule has 0 radical (unpaired) electrons. The van der Waals surface area contributed by atoms with E-state index in [1.54, 1.807) is 24.1 Å². The molecule has 74 heavy (non-hydrogen) atoms. The number of thiazole rings is 1. The lowest BCUT2D eigenvalue weighted by Crippen LogP contribution is -2.64. The molecule has 10 rings (SSSR count). The van der Waals surface area contributed by atoms with Gasteiger partial charge >= 0.3 is 18.2 Å². The van der Waals surface area contributed by atoms with E-state index in [2.05, 4.69) is 41.1 Å². The Morgan fingerprint density at radius 3 is 2.14 bits per heavy atom. The minimum Gasteiger partial charge on any atom is -0.455 e. The van der Waals surface area contributed by atoms with Gasteiger partial charge in [0.05, 0.1) is 28.6 Å². The first-order chi connectivity index (χ1) is 34.5. The van der Waals surface area contributed by atoms with E-state index >= 15 is 0 Å². The van der Waals surface area contributed by atoms with Crippen LogP contribution < -0.4 is 15.5 Å². The largest absolute Gasteiger partial charge is 0.455 e. The standard InChI is InChI=1S/C57H74N8O8S/c1-35-39(26-58-65(35)34-56-29-54(11)28-55(12,30-56)32-57(31-54,33-56)70-25-24-63(13)50(69)73-53(8,9)10)37-19-21-44(61-45(37)47(67)71-51(2,3)4)64-23-22-36-40(27-64)38(18-20-41(36)60-49(68)72-52(5,6)7)46(66)62-48-59-42-16-14-15-17-43(42)74-48/h14-21,26H,22-25,27-34H2,1-13H3,(H,60,68)(H,59,62,66). The van der Waals surface area contributed by atoms with Gasteiger partial charge in [0.1, 0.15) is 22.6 Å². The van der Waals surface area contributed by atoms with E-state index in [4.69, 9.17) is 29.0 Å². The summed E-state index contributed by atoms with van der Waals surface area (Å²) in [5, 5.41) is 11.5.